The molecule has 4 aromatic carbocycles. The van der Waals surface area contributed by atoms with Gasteiger partial charge in [0.25, 0.3) is 5.91 Å². The molecule has 6 aromatic rings. The summed E-state index contributed by atoms with van der Waals surface area (Å²) in [5.41, 5.74) is 3.97. The highest BCUT2D eigenvalue weighted by molar-refractivity contribution is 7.15. The summed E-state index contributed by atoms with van der Waals surface area (Å²) in [4.78, 5) is 21.6. The van der Waals surface area contributed by atoms with Crippen molar-refractivity contribution in [3.63, 3.8) is 0 Å². The lowest BCUT2D eigenvalue weighted by Crippen LogP contribution is -2.38. The van der Waals surface area contributed by atoms with Crippen LogP contribution in [0.3, 0.4) is 0 Å². The van der Waals surface area contributed by atoms with Crippen molar-refractivity contribution in [2.45, 2.75) is 25.4 Å². The van der Waals surface area contributed by atoms with E-state index in [1.165, 1.54) is 10.8 Å². The number of imidazole rings is 1. The Balaban J connectivity index is 1.14. The molecule has 0 spiro atoms. The van der Waals surface area contributed by atoms with Crippen molar-refractivity contribution in [1.82, 2.24) is 14.3 Å². The number of hydrogen-bond acceptors (Lipinski definition) is 4. The standard InChI is InChI=1S/C33H29N3O2S/c37-32(28-14-12-24-7-2-4-9-26(24)19-28)35(20-30-10-5-17-38-30)16-15-29-22-39-33-34-31(21-36(29)33)27-13-11-23-6-1-3-8-25(23)18-27/h1-4,6-9,11-14,18-19,21-22,30H,5,10,15-17,20H2. The van der Waals surface area contributed by atoms with Gasteiger partial charge in [0.15, 0.2) is 4.96 Å². The Bertz CT molecular complexity index is 1800. The summed E-state index contributed by atoms with van der Waals surface area (Å²) in [5, 5.41) is 6.83. The third-order valence-electron chi connectivity index (χ3n) is 7.70. The quantitative estimate of drug-likeness (QED) is 0.218. The summed E-state index contributed by atoms with van der Waals surface area (Å²) in [6, 6.07) is 29.1. The van der Waals surface area contributed by atoms with E-state index in [1.54, 1.807) is 11.3 Å². The molecule has 3 heterocycles. The van der Waals surface area contributed by atoms with E-state index in [-0.39, 0.29) is 12.0 Å². The Morgan fingerprint density at radius 2 is 1.69 bits per heavy atom. The van der Waals surface area contributed by atoms with Gasteiger partial charge in [-0.05, 0) is 52.6 Å². The van der Waals surface area contributed by atoms with Crippen LogP contribution in [-0.2, 0) is 11.2 Å². The van der Waals surface area contributed by atoms with Crippen molar-refractivity contribution < 1.29 is 9.53 Å². The van der Waals surface area contributed by atoms with Gasteiger partial charge in [-0.3, -0.25) is 9.20 Å². The topological polar surface area (TPSA) is 46.8 Å². The number of aromatic nitrogens is 2. The van der Waals surface area contributed by atoms with Gasteiger partial charge in [0.05, 0.1) is 11.8 Å². The number of carbonyl (C=O) groups excluding carboxylic acids is 1. The van der Waals surface area contributed by atoms with Gasteiger partial charge >= 0.3 is 0 Å². The van der Waals surface area contributed by atoms with E-state index in [0.717, 1.165) is 64.1 Å². The maximum atomic E-state index is 13.7. The summed E-state index contributed by atoms with van der Waals surface area (Å²) >= 11 is 1.65. The lowest BCUT2D eigenvalue weighted by atomic mass is 10.1. The van der Waals surface area contributed by atoms with Gasteiger partial charge in [-0.2, -0.15) is 0 Å². The molecule has 1 saturated heterocycles. The van der Waals surface area contributed by atoms with Crippen molar-refractivity contribution in [3.05, 3.63) is 108 Å². The number of amides is 1. The van der Waals surface area contributed by atoms with E-state index in [4.69, 9.17) is 9.72 Å². The van der Waals surface area contributed by atoms with E-state index < -0.39 is 0 Å². The molecule has 0 aliphatic carbocycles. The average molecular weight is 532 g/mol. The second-order valence-electron chi connectivity index (χ2n) is 10.3. The predicted molar refractivity (Wildman–Crippen MR) is 159 cm³/mol. The minimum absolute atomic E-state index is 0.0604. The molecule has 0 radical (unpaired) electrons. The Morgan fingerprint density at radius 1 is 0.949 bits per heavy atom. The van der Waals surface area contributed by atoms with E-state index in [2.05, 4.69) is 70.6 Å². The van der Waals surface area contributed by atoms with E-state index in [0.29, 0.717) is 13.1 Å². The van der Waals surface area contributed by atoms with Crippen molar-refractivity contribution in [1.29, 1.82) is 0 Å². The third-order valence-corrected chi connectivity index (χ3v) is 8.59. The lowest BCUT2D eigenvalue weighted by molar-refractivity contribution is 0.0528. The molecular weight excluding hydrogens is 502 g/mol. The Kier molecular flexibility index (Phi) is 6.35. The molecule has 0 saturated carbocycles. The number of rotatable bonds is 7. The van der Waals surface area contributed by atoms with Crippen molar-refractivity contribution in [3.8, 4) is 11.3 Å². The van der Waals surface area contributed by atoms with E-state index in [9.17, 15) is 4.79 Å². The minimum atomic E-state index is 0.0604. The molecule has 39 heavy (non-hydrogen) atoms. The average Bonchev–Trinajstić information content (AvgIpc) is 3.73. The van der Waals surface area contributed by atoms with Gasteiger partial charge in [-0.15, -0.1) is 11.3 Å². The zero-order chi connectivity index (χ0) is 26.2. The molecule has 1 amide bonds. The van der Waals surface area contributed by atoms with Crippen LogP contribution in [-0.4, -0.2) is 46.0 Å². The van der Waals surface area contributed by atoms with Crippen LogP contribution in [0, 0.1) is 0 Å². The molecule has 1 aliphatic rings. The molecule has 1 fully saturated rings. The van der Waals surface area contributed by atoms with Crippen LogP contribution in [0.4, 0.5) is 0 Å². The second-order valence-corrected chi connectivity index (χ2v) is 11.1. The van der Waals surface area contributed by atoms with Gasteiger partial charge in [0.1, 0.15) is 0 Å². The number of carbonyl (C=O) groups is 1. The SMILES string of the molecule is O=C(c1ccc2ccccc2c1)N(CCc1csc2nc(-c3ccc4ccccc4c3)cn12)CC1CCCO1. The highest BCUT2D eigenvalue weighted by Gasteiger charge is 2.24. The number of nitrogens with zero attached hydrogens (tertiary/aromatic N) is 3. The van der Waals surface area contributed by atoms with Gasteiger partial charge in [0, 0.05) is 54.5 Å². The number of hydrogen-bond donors (Lipinski definition) is 0. The van der Waals surface area contributed by atoms with Crippen LogP contribution < -0.4 is 0 Å². The second kappa shape index (κ2) is 10.3. The molecule has 194 valence electrons. The lowest BCUT2D eigenvalue weighted by Gasteiger charge is -2.25. The Labute approximate surface area is 231 Å². The smallest absolute Gasteiger partial charge is 0.253 e. The molecule has 6 heteroatoms. The van der Waals surface area contributed by atoms with E-state index in [1.807, 2.05) is 35.2 Å². The fraction of sp³-hybridized carbons (Fsp3) is 0.212. The van der Waals surface area contributed by atoms with Gasteiger partial charge < -0.3 is 9.64 Å². The molecule has 1 unspecified atom stereocenters. The Morgan fingerprint density at radius 3 is 2.46 bits per heavy atom. The highest BCUT2D eigenvalue weighted by atomic mass is 32.1. The molecule has 5 nitrogen and oxygen atoms in total. The maximum Gasteiger partial charge on any atom is 0.253 e. The van der Waals surface area contributed by atoms with Crippen LogP contribution in [0.15, 0.2) is 96.5 Å². The number of thiazole rings is 1. The van der Waals surface area contributed by atoms with Crippen LogP contribution in [0.1, 0.15) is 28.9 Å². The largest absolute Gasteiger partial charge is 0.376 e. The minimum Gasteiger partial charge on any atom is -0.376 e. The summed E-state index contributed by atoms with van der Waals surface area (Å²) < 4.78 is 8.10. The molecule has 0 N–H and O–H groups in total. The first kappa shape index (κ1) is 24.1. The van der Waals surface area contributed by atoms with Crippen LogP contribution >= 0.6 is 11.3 Å². The van der Waals surface area contributed by atoms with Crippen molar-refractivity contribution >= 4 is 43.7 Å². The molecule has 1 aliphatic heterocycles. The molecular formula is C33H29N3O2S. The van der Waals surface area contributed by atoms with Crippen LogP contribution in [0.2, 0.25) is 0 Å². The summed E-state index contributed by atoms with van der Waals surface area (Å²) in [5.74, 6) is 0.0604. The van der Waals surface area contributed by atoms with Gasteiger partial charge in [0.2, 0.25) is 0 Å². The zero-order valence-electron chi connectivity index (χ0n) is 21.6. The monoisotopic (exact) mass is 531 g/mol. The normalized spacial score (nSPS) is 15.4. The molecule has 7 rings (SSSR count). The predicted octanol–water partition coefficient (Wildman–Crippen LogP) is 7.23. The van der Waals surface area contributed by atoms with Gasteiger partial charge in [-0.1, -0.05) is 66.7 Å². The highest BCUT2D eigenvalue weighted by Crippen LogP contribution is 2.27. The molecule has 0 bridgehead atoms. The van der Waals surface area contributed by atoms with Crippen molar-refractivity contribution in [2.75, 3.05) is 19.7 Å². The van der Waals surface area contributed by atoms with Crippen LogP contribution in [0.25, 0.3) is 37.8 Å². The summed E-state index contributed by atoms with van der Waals surface area (Å²) in [6.07, 6.45) is 5.03. The zero-order valence-corrected chi connectivity index (χ0v) is 22.4. The fourth-order valence-corrected chi connectivity index (χ4v) is 6.47. The third kappa shape index (κ3) is 4.82. The molecule has 1 atom stereocenters. The number of benzene rings is 4. The van der Waals surface area contributed by atoms with Crippen LogP contribution in [0.5, 0.6) is 0 Å². The van der Waals surface area contributed by atoms with E-state index >= 15 is 0 Å². The summed E-state index contributed by atoms with van der Waals surface area (Å²) in [7, 11) is 0. The van der Waals surface area contributed by atoms with Gasteiger partial charge in [-0.25, -0.2) is 4.98 Å². The first-order valence-corrected chi connectivity index (χ1v) is 14.4. The first-order chi connectivity index (χ1) is 19.2. The van der Waals surface area contributed by atoms with Crippen molar-refractivity contribution in [2.24, 2.45) is 0 Å². The summed E-state index contributed by atoms with van der Waals surface area (Å²) in [6.45, 7) is 2.02. The molecule has 2 aromatic heterocycles. The first-order valence-electron chi connectivity index (χ1n) is 13.6. The number of ether oxygens (including phenoxy) is 1. The maximum absolute atomic E-state index is 13.7. The Hall–Kier alpha value is -4.00. The number of fused-ring (bicyclic) bond motifs is 3. The fourth-order valence-electron chi connectivity index (χ4n) is 5.56.